The van der Waals surface area contributed by atoms with Crippen LogP contribution in [-0.4, -0.2) is 27.0 Å². The fraction of sp³-hybridized carbons (Fsp3) is 0. The Morgan fingerprint density at radius 3 is 2.86 bits per heavy atom. The molecule has 110 valence electrons. The first-order chi connectivity index (χ1) is 10.7. The Bertz CT molecular complexity index is 728. The second kappa shape index (κ2) is 7.39. The number of nitrogens with zero attached hydrogens (tertiary/aromatic N) is 4. The highest BCUT2D eigenvalue weighted by molar-refractivity contribution is 5.92. The summed E-state index contributed by atoms with van der Waals surface area (Å²) in [6.07, 6.45) is 8.48. The van der Waals surface area contributed by atoms with Gasteiger partial charge in [-0.3, -0.25) is 19.9 Å². The predicted molar refractivity (Wildman–Crippen MR) is 80.1 cm³/mol. The van der Waals surface area contributed by atoms with E-state index in [1.165, 1.54) is 43.0 Å². The number of rotatable bonds is 5. The lowest BCUT2D eigenvalue weighted by Crippen LogP contribution is -2.18. The number of para-hydroxylation sites is 1. The standard InChI is InChI=1S/C14H11N5O3/c20-14(12-10-15-8-9-16-12)18-17-7-3-5-11-4-1-2-6-13(11)19(21)22/h1-10H,(H,18,20)/b5-3-,17-7+. The van der Waals surface area contributed by atoms with Gasteiger partial charge in [-0.2, -0.15) is 5.10 Å². The number of hydrogen-bond acceptors (Lipinski definition) is 6. The largest absolute Gasteiger partial charge is 0.291 e. The third-order valence-corrected chi connectivity index (χ3v) is 2.53. The van der Waals surface area contributed by atoms with Gasteiger partial charge in [0.05, 0.1) is 16.7 Å². The Labute approximate surface area is 125 Å². The molecule has 0 aliphatic carbocycles. The van der Waals surface area contributed by atoms with Crippen LogP contribution in [0.25, 0.3) is 6.08 Å². The van der Waals surface area contributed by atoms with E-state index in [1.54, 1.807) is 18.2 Å². The minimum atomic E-state index is -0.497. The van der Waals surface area contributed by atoms with Crippen LogP contribution >= 0.6 is 0 Å². The Morgan fingerprint density at radius 2 is 2.14 bits per heavy atom. The number of aromatic nitrogens is 2. The van der Waals surface area contributed by atoms with Gasteiger partial charge in [0.15, 0.2) is 0 Å². The topological polar surface area (TPSA) is 110 Å². The van der Waals surface area contributed by atoms with Gasteiger partial charge in [-0.15, -0.1) is 0 Å². The number of amides is 1. The van der Waals surface area contributed by atoms with Crippen molar-refractivity contribution in [3.05, 3.63) is 70.3 Å². The molecule has 0 unspecified atom stereocenters. The highest BCUT2D eigenvalue weighted by Crippen LogP contribution is 2.18. The molecule has 1 aromatic heterocycles. The SMILES string of the molecule is O=C(N/N=C/C=C\c1ccccc1[N+](=O)[O-])c1cnccn1. The van der Waals surface area contributed by atoms with Crippen molar-refractivity contribution in [2.45, 2.75) is 0 Å². The third kappa shape index (κ3) is 4.04. The zero-order valence-corrected chi connectivity index (χ0v) is 11.3. The van der Waals surface area contributed by atoms with Crippen molar-refractivity contribution in [3.63, 3.8) is 0 Å². The molecule has 2 aromatic rings. The molecule has 22 heavy (non-hydrogen) atoms. The van der Waals surface area contributed by atoms with Crippen molar-refractivity contribution in [2.24, 2.45) is 5.10 Å². The number of allylic oxidation sites excluding steroid dienone is 1. The van der Waals surface area contributed by atoms with E-state index in [4.69, 9.17) is 0 Å². The van der Waals surface area contributed by atoms with E-state index < -0.39 is 10.8 Å². The fourth-order valence-corrected chi connectivity index (χ4v) is 1.55. The number of nitro groups is 1. The van der Waals surface area contributed by atoms with Crippen molar-refractivity contribution in [2.75, 3.05) is 0 Å². The highest BCUT2D eigenvalue weighted by atomic mass is 16.6. The molecule has 0 radical (unpaired) electrons. The Balaban J connectivity index is 1.96. The number of hydrogen-bond donors (Lipinski definition) is 1. The fourth-order valence-electron chi connectivity index (χ4n) is 1.55. The van der Waals surface area contributed by atoms with E-state index in [0.29, 0.717) is 5.56 Å². The van der Waals surface area contributed by atoms with Crippen LogP contribution in [0.1, 0.15) is 16.1 Å². The van der Waals surface area contributed by atoms with E-state index in [9.17, 15) is 14.9 Å². The minimum Gasteiger partial charge on any atom is -0.265 e. The van der Waals surface area contributed by atoms with Crippen LogP contribution in [-0.2, 0) is 0 Å². The molecule has 0 fully saturated rings. The molecule has 0 aliphatic heterocycles. The van der Waals surface area contributed by atoms with E-state index in [1.807, 2.05) is 0 Å². The molecule has 8 heteroatoms. The second-order valence-electron chi connectivity index (χ2n) is 3.98. The molecule has 1 amide bonds. The summed E-state index contributed by atoms with van der Waals surface area (Å²) in [5, 5.41) is 14.5. The first-order valence-electron chi connectivity index (χ1n) is 6.18. The molecule has 1 N–H and O–H groups in total. The van der Waals surface area contributed by atoms with Crippen LogP contribution in [0.15, 0.2) is 54.0 Å². The number of benzene rings is 1. The summed E-state index contributed by atoms with van der Waals surface area (Å²) in [5.41, 5.74) is 2.85. The van der Waals surface area contributed by atoms with Gasteiger partial charge in [-0.25, -0.2) is 10.4 Å². The van der Waals surface area contributed by atoms with Gasteiger partial charge >= 0.3 is 0 Å². The van der Waals surface area contributed by atoms with E-state index in [-0.39, 0.29) is 11.4 Å². The van der Waals surface area contributed by atoms with Crippen LogP contribution in [0.3, 0.4) is 0 Å². The zero-order valence-electron chi connectivity index (χ0n) is 11.3. The number of carbonyl (C=O) groups excluding carboxylic acids is 1. The summed E-state index contributed by atoms with van der Waals surface area (Å²) in [5.74, 6) is -0.497. The van der Waals surface area contributed by atoms with Gasteiger partial charge in [-0.05, 0) is 18.2 Å². The molecule has 0 saturated carbocycles. The van der Waals surface area contributed by atoms with Gasteiger partial charge < -0.3 is 0 Å². The molecule has 0 saturated heterocycles. The lowest BCUT2D eigenvalue weighted by atomic mass is 10.2. The Hall–Kier alpha value is -3.42. The van der Waals surface area contributed by atoms with Gasteiger partial charge in [0, 0.05) is 24.7 Å². The summed E-state index contributed by atoms with van der Waals surface area (Å²) in [7, 11) is 0. The zero-order chi connectivity index (χ0) is 15.8. The summed E-state index contributed by atoms with van der Waals surface area (Å²) >= 11 is 0. The number of hydrazone groups is 1. The molecule has 1 heterocycles. The van der Waals surface area contributed by atoms with Crippen LogP contribution < -0.4 is 5.43 Å². The number of nitrogens with one attached hydrogen (secondary N) is 1. The van der Waals surface area contributed by atoms with Crippen molar-refractivity contribution in [3.8, 4) is 0 Å². The monoisotopic (exact) mass is 297 g/mol. The Kier molecular flexibility index (Phi) is 5.03. The quantitative estimate of drug-likeness (QED) is 0.514. The van der Waals surface area contributed by atoms with Crippen LogP contribution in [0.4, 0.5) is 5.69 Å². The predicted octanol–water partition coefficient (Wildman–Crippen LogP) is 1.81. The lowest BCUT2D eigenvalue weighted by molar-refractivity contribution is -0.385. The lowest BCUT2D eigenvalue weighted by Gasteiger charge is -1.96. The van der Waals surface area contributed by atoms with Crippen LogP contribution in [0, 0.1) is 10.1 Å². The molecule has 0 atom stereocenters. The summed E-state index contributed by atoms with van der Waals surface area (Å²) in [6.45, 7) is 0. The summed E-state index contributed by atoms with van der Waals surface area (Å²) in [4.78, 5) is 29.5. The highest BCUT2D eigenvalue weighted by Gasteiger charge is 2.08. The summed E-state index contributed by atoms with van der Waals surface area (Å²) < 4.78 is 0. The van der Waals surface area contributed by atoms with Crippen LogP contribution in [0.2, 0.25) is 0 Å². The normalized spacial score (nSPS) is 10.9. The Morgan fingerprint density at radius 1 is 1.32 bits per heavy atom. The minimum absolute atomic E-state index is 0.00394. The molecule has 8 nitrogen and oxygen atoms in total. The van der Waals surface area contributed by atoms with Gasteiger partial charge in [-0.1, -0.05) is 12.1 Å². The van der Waals surface area contributed by atoms with E-state index in [0.717, 1.165) is 0 Å². The van der Waals surface area contributed by atoms with Crippen molar-refractivity contribution >= 4 is 23.9 Å². The van der Waals surface area contributed by atoms with Gasteiger partial charge in [0.25, 0.3) is 11.6 Å². The van der Waals surface area contributed by atoms with Crippen molar-refractivity contribution < 1.29 is 9.72 Å². The number of nitro benzene ring substituents is 1. The average Bonchev–Trinajstić information content (AvgIpc) is 2.55. The second-order valence-corrected chi connectivity index (χ2v) is 3.98. The summed E-state index contributed by atoms with van der Waals surface area (Å²) in [6, 6.07) is 6.30. The van der Waals surface area contributed by atoms with Gasteiger partial charge in [0.1, 0.15) is 5.69 Å². The van der Waals surface area contributed by atoms with E-state index in [2.05, 4.69) is 20.5 Å². The maximum Gasteiger partial charge on any atom is 0.291 e. The smallest absolute Gasteiger partial charge is 0.265 e. The van der Waals surface area contributed by atoms with Crippen molar-refractivity contribution in [1.29, 1.82) is 0 Å². The van der Waals surface area contributed by atoms with Crippen molar-refractivity contribution in [1.82, 2.24) is 15.4 Å². The molecule has 2 rings (SSSR count). The average molecular weight is 297 g/mol. The first kappa shape index (κ1) is 15.0. The maximum atomic E-state index is 11.6. The maximum absolute atomic E-state index is 11.6. The molecule has 0 aliphatic rings. The molecule has 0 spiro atoms. The van der Waals surface area contributed by atoms with Crippen LogP contribution in [0.5, 0.6) is 0 Å². The molecular weight excluding hydrogens is 286 g/mol. The molecular formula is C14H11N5O3. The van der Waals surface area contributed by atoms with Gasteiger partial charge in [0.2, 0.25) is 0 Å². The number of carbonyl (C=O) groups is 1. The van der Waals surface area contributed by atoms with E-state index >= 15 is 0 Å². The third-order valence-electron chi connectivity index (χ3n) is 2.53. The molecule has 1 aromatic carbocycles. The molecule has 0 bridgehead atoms. The first-order valence-corrected chi connectivity index (χ1v) is 6.18.